The summed E-state index contributed by atoms with van der Waals surface area (Å²) in [5, 5.41) is 0. The topological polar surface area (TPSA) is 32.8 Å². The first kappa shape index (κ1) is 11.5. The molecule has 0 saturated carbocycles. The fourth-order valence-corrected chi connectivity index (χ4v) is 1.75. The van der Waals surface area contributed by atoms with Crippen LogP contribution in [0.15, 0.2) is 0 Å². The van der Waals surface area contributed by atoms with Crippen molar-refractivity contribution >= 4 is 5.97 Å². The fraction of sp³-hybridized carbons (Fsp3) is 0.900. The van der Waals surface area contributed by atoms with Gasteiger partial charge in [-0.2, -0.15) is 0 Å². The molecule has 14 heavy (non-hydrogen) atoms. The van der Waals surface area contributed by atoms with Gasteiger partial charge in [0.05, 0.1) is 7.11 Å². The summed E-state index contributed by atoms with van der Waals surface area (Å²) in [4.78, 5) is 15.8. The standard InChI is InChI=1S/C10H20N2O2/c1-8(2)12-6-5-11(3)9(7-12)10(13)14-4/h8-9H,5-7H2,1-4H3. The van der Waals surface area contributed by atoms with E-state index in [0.717, 1.165) is 19.6 Å². The summed E-state index contributed by atoms with van der Waals surface area (Å²) in [6.45, 7) is 7.04. The number of piperazine rings is 1. The number of hydrogen-bond acceptors (Lipinski definition) is 4. The highest BCUT2D eigenvalue weighted by atomic mass is 16.5. The summed E-state index contributed by atoms with van der Waals surface area (Å²) in [5.74, 6) is -0.127. The van der Waals surface area contributed by atoms with Gasteiger partial charge in [-0.3, -0.25) is 14.6 Å². The van der Waals surface area contributed by atoms with E-state index in [-0.39, 0.29) is 12.0 Å². The Morgan fingerprint density at radius 1 is 1.43 bits per heavy atom. The van der Waals surface area contributed by atoms with Crippen molar-refractivity contribution in [2.75, 3.05) is 33.8 Å². The van der Waals surface area contributed by atoms with E-state index in [1.54, 1.807) is 0 Å². The van der Waals surface area contributed by atoms with E-state index in [9.17, 15) is 4.79 Å². The third kappa shape index (κ3) is 2.45. The van der Waals surface area contributed by atoms with Gasteiger partial charge in [-0.05, 0) is 20.9 Å². The molecule has 1 fully saturated rings. The first-order chi connectivity index (χ1) is 6.56. The summed E-state index contributed by atoms with van der Waals surface area (Å²) < 4.78 is 4.78. The van der Waals surface area contributed by atoms with Crippen molar-refractivity contribution < 1.29 is 9.53 Å². The minimum atomic E-state index is -0.127. The Bertz CT molecular complexity index is 206. The molecular weight excluding hydrogens is 180 g/mol. The number of nitrogens with zero attached hydrogens (tertiary/aromatic N) is 2. The Hall–Kier alpha value is -0.610. The number of ether oxygens (including phenoxy) is 1. The van der Waals surface area contributed by atoms with Gasteiger partial charge in [0.25, 0.3) is 0 Å². The van der Waals surface area contributed by atoms with E-state index in [2.05, 4.69) is 23.6 Å². The maximum atomic E-state index is 11.5. The second-order valence-corrected chi connectivity index (χ2v) is 4.11. The maximum Gasteiger partial charge on any atom is 0.324 e. The van der Waals surface area contributed by atoms with Gasteiger partial charge in [0.2, 0.25) is 0 Å². The lowest BCUT2D eigenvalue weighted by atomic mass is 10.1. The summed E-state index contributed by atoms with van der Waals surface area (Å²) in [5.41, 5.74) is 0. The van der Waals surface area contributed by atoms with Crippen LogP contribution in [0.4, 0.5) is 0 Å². The van der Waals surface area contributed by atoms with E-state index in [1.807, 2.05) is 7.05 Å². The molecule has 1 atom stereocenters. The monoisotopic (exact) mass is 200 g/mol. The van der Waals surface area contributed by atoms with Crippen molar-refractivity contribution in [3.63, 3.8) is 0 Å². The molecule has 0 aromatic rings. The van der Waals surface area contributed by atoms with Crippen molar-refractivity contribution in [1.82, 2.24) is 9.80 Å². The van der Waals surface area contributed by atoms with Gasteiger partial charge >= 0.3 is 5.97 Å². The lowest BCUT2D eigenvalue weighted by Crippen LogP contribution is -2.56. The van der Waals surface area contributed by atoms with Gasteiger partial charge in [0.15, 0.2) is 0 Å². The number of hydrogen-bond donors (Lipinski definition) is 0. The molecule has 0 aliphatic carbocycles. The molecule has 1 aliphatic heterocycles. The van der Waals surface area contributed by atoms with Crippen molar-refractivity contribution in [1.29, 1.82) is 0 Å². The van der Waals surface area contributed by atoms with Crippen LogP contribution < -0.4 is 0 Å². The highest BCUT2D eigenvalue weighted by Gasteiger charge is 2.31. The number of rotatable bonds is 2. The molecule has 0 bridgehead atoms. The zero-order valence-electron chi connectivity index (χ0n) is 9.49. The SMILES string of the molecule is COC(=O)C1CN(C(C)C)CCN1C. The average Bonchev–Trinajstić information content (AvgIpc) is 2.17. The predicted molar refractivity (Wildman–Crippen MR) is 55.1 cm³/mol. The zero-order valence-corrected chi connectivity index (χ0v) is 9.49. The molecule has 4 heteroatoms. The summed E-state index contributed by atoms with van der Waals surface area (Å²) >= 11 is 0. The normalized spacial score (nSPS) is 25.4. The summed E-state index contributed by atoms with van der Waals surface area (Å²) in [7, 11) is 3.42. The van der Waals surface area contributed by atoms with Crippen LogP contribution in [0.1, 0.15) is 13.8 Å². The average molecular weight is 200 g/mol. The van der Waals surface area contributed by atoms with Crippen LogP contribution in [0.5, 0.6) is 0 Å². The van der Waals surface area contributed by atoms with E-state index in [0.29, 0.717) is 6.04 Å². The van der Waals surface area contributed by atoms with Crippen molar-refractivity contribution in [3.8, 4) is 0 Å². The molecule has 1 heterocycles. The van der Waals surface area contributed by atoms with Crippen LogP contribution in [0.3, 0.4) is 0 Å². The second-order valence-electron chi connectivity index (χ2n) is 4.11. The molecule has 1 aliphatic rings. The van der Waals surface area contributed by atoms with Crippen LogP contribution >= 0.6 is 0 Å². The minimum absolute atomic E-state index is 0.101. The Balaban J connectivity index is 2.59. The molecule has 4 nitrogen and oxygen atoms in total. The van der Waals surface area contributed by atoms with Gasteiger partial charge in [0.1, 0.15) is 6.04 Å². The first-order valence-electron chi connectivity index (χ1n) is 5.08. The molecule has 1 unspecified atom stereocenters. The highest BCUT2D eigenvalue weighted by Crippen LogP contribution is 2.11. The van der Waals surface area contributed by atoms with Gasteiger partial charge in [0, 0.05) is 25.7 Å². The molecule has 0 spiro atoms. The van der Waals surface area contributed by atoms with E-state index >= 15 is 0 Å². The molecule has 0 aromatic heterocycles. The van der Waals surface area contributed by atoms with Gasteiger partial charge in [-0.15, -0.1) is 0 Å². The smallest absolute Gasteiger partial charge is 0.324 e. The van der Waals surface area contributed by atoms with Crippen LogP contribution in [0, 0.1) is 0 Å². The maximum absolute atomic E-state index is 11.5. The lowest BCUT2D eigenvalue weighted by Gasteiger charge is -2.39. The number of methoxy groups -OCH3 is 1. The zero-order chi connectivity index (χ0) is 10.7. The largest absolute Gasteiger partial charge is 0.468 e. The third-order valence-corrected chi connectivity index (χ3v) is 2.88. The number of carbonyl (C=O) groups excluding carboxylic acids is 1. The van der Waals surface area contributed by atoms with Crippen LogP contribution in [0.25, 0.3) is 0 Å². The molecule has 0 radical (unpaired) electrons. The van der Waals surface area contributed by atoms with E-state index in [4.69, 9.17) is 4.74 Å². The summed E-state index contributed by atoms with van der Waals surface area (Å²) in [6.07, 6.45) is 0. The van der Waals surface area contributed by atoms with Crippen LogP contribution in [0.2, 0.25) is 0 Å². The third-order valence-electron chi connectivity index (χ3n) is 2.88. The minimum Gasteiger partial charge on any atom is -0.468 e. The molecule has 0 N–H and O–H groups in total. The lowest BCUT2D eigenvalue weighted by molar-refractivity contribution is -0.149. The Kier molecular flexibility index (Phi) is 3.89. The number of esters is 1. The quantitative estimate of drug-likeness (QED) is 0.595. The van der Waals surface area contributed by atoms with Crippen LogP contribution in [-0.4, -0.2) is 61.6 Å². The Morgan fingerprint density at radius 2 is 2.07 bits per heavy atom. The fourth-order valence-electron chi connectivity index (χ4n) is 1.75. The van der Waals surface area contributed by atoms with Crippen molar-refractivity contribution in [2.24, 2.45) is 0 Å². The van der Waals surface area contributed by atoms with Crippen molar-refractivity contribution in [3.05, 3.63) is 0 Å². The second kappa shape index (κ2) is 4.75. The Morgan fingerprint density at radius 3 is 2.57 bits per heavy atom. The molecule has 1 rings (SSSR count). The predicted octanol–water partition coefficient (Wildman–Crippen LogP) is 0.184. The van der Waals surface area contributed by atoms with Gasteiger partial charge < -0.3 is 4.74 Å². The van der Waals surface area contributed by atoms with Crippen LogP contribution in [-0.2, 0) is 9.53 Å². The number of likely N-dealkylation sites (N-methyl/N-ethyl adjacent to an activating group) is 1. The molecule has 0 aromatic carbocycles. The summed E-state index contributed by atoms with van der Waals surface area (Å²) in [6, 6.07) is 0.395. The van der Waals surface area contributed by atoms with Gasteiger partial charge in [-0.25, -0.2) is 0 Å². The molecular formula is C10H20N2O2. The van der Waals surface area contributed by atoms with E-state index in [1.165, 1.54) is 7.11 Å². The van der Waals surface area contributed by atoms with Crippen molar-refractivity contribution in [2.45, 2.75) is 25.9 Å². The number of carbonyl (C=O) groups is 1. The van der Waals surface area contributed by atoms with Gasteiger partial charge in [-0.1, -0.05) is 0 Å². The molecule has 82 valence electrons. The van der Waals surface area contributed by atoms with E-state index < -0.39 is 0 Å². The highest BCUT2D eigenvalue weighted by molar-refractivity contribution is 5.76. The molecule has 0 amide bonds. The first-order valence-corrected chi connectivity index (χ1v) is 5.08. The molecule has 1 saturated heterocycles. The Labute approximate surface area is 85.8 Å².